The summed E-state index contributed by atoms with van der Waals surface area (Å²) in [5.41, 5.74) is 3.46. The van der Waals surface area contributed by atoms with E-state index in [0.29, 0.717) is 50.5 Å². The fraction of sp³-hybridized carbons (Fsp3) is 0.543. The molecule has 4 rings (SSSR count). The lowest BCUT2D eigenvalue weighted by molar-refractivity contribution is -0.133. The minimum atomic E-state index is -0.118. The van der Waals surface area contributed by atoms with E-state index < -0.39 is 0 Å². The minimum Gasteiger partial charge on any atom is -0.343 e. The van der Waals surface area contributed by atoms with E-state index >= 15 is 0 Å². The molecule has 2 aliphatic heterocycles. The second kappa shape index (κ2) is 16.2. The highest BCUT2D eigenvalue weighted by molar-refractivity contribution is 6.31. The monoisotopic (exact) mass is 637 g/mol. The van der Waals surface area contributed by atoms with Crippen LogP contribution in [0.3, 0.4) is 0 Å². The molecule has 1 N–H and O–H groups in total. The Morgan fingerprint density at radius 1 is 0.933 bits per heavy atom. The summed E-state index contributed by atoms with van der Waals surface area (Å²) >= 11 is 6.47. The van der Waals surface area contributed by atoms with Gasteiger partial charge in [0.1, 0.15) is 0 Å². The number of carbonyl (C=O) groups excluding carboxylic acids is 4. The van der Waals surface area contributed by atoms with E-state index in [1.54, 1.807) is 6.92 Å². The molecule has 10 heteroatoms. The van der Waals surface area contributed by atoms with Crippen molar-refractivity contribution in [2.24, 2.45) is 5.92 Å². The number of nitrogens with zero attached hydrogens (tertiary/aromatic N) is 4. The smallest absolute Gasteiger partial charge is 0.230 e. The molecule has 2 aliphatic rings. The van der Waals surface area contributed by atoms with Gasteiger partial charge in [-0.05, 0) is 87.9 Å². The van der Waals surface area contributed by atoms with Crippen LogP contribution in [0.4, 0.5) is 11.4 Å². The molecule has 0 aromatic heterocycles. The van der Waals surface area contributed by atoms with Crippen LogP contribution in [0, 0.1) is 12.8 Å². The lowest BCUT2D eigenvalue weighted by Gasteiger charge is -2.38. The van der Waals surface area contributed by atoms with Gasteiger partial charge in [-0.1, -0.05) is 29.8 Å². The summed E-state index contributed by atoms with van der Waals surface area (Å²) in [5.74, 6) is 0.0749. The fourth-order valence-corrected chi connectivity index (χ4v) is 6.68. The normalized spacial score (nSPS) is 16.3. The van der Waals surface area contributed by atoms with Crippen LogP contribution in [0.1, 0.15) is 64.0 Å². The molecule has 2 heterocycles. The largest absolute Gasteiger partial charge is 0.343 e. The molecule has 0 spiro atoms. The van der Waals surface area contributed by atoms with Crippen LogP contribution in [-0.4, -0.2) is 90.2 Å². The van der Waals surface area contributed by atoms with Crippen molar-refractivity contribution in [2.45, 2.75) is 72.3 Å². The van der Waals surface area contributed by atoms with Crippen molar-refractivity contribution in [3.63, 3.8) is 0 Å². The first-order valence-corrected chi connectivity index (χ1v) is 16.6. The van der Waals surface area contributed by atoms with Gasteiger partial charge >= 0.3 is 0 Å². The number of anilines is 2. The predicted octanol–water partition coefficient (Wildman–Crippen LogP) is 5.14. The third-order valence-electron chi connectivity index (χ3n) is 9.17. The summed E-state index contributed by atoms with van der Waals surface area (Å²) in [6, 6.07) is 13.5. The topological polar surface area (TPSA) is 93.3 Å². The molecule has 2 aromatic carbocycles. The van der Waals surface area contributed by atoms with Crippen LogP contribution in [0.2, 0.25) is 5.02 Å². The Labute approximate surface area is 272 Å². The molecule has 244 valence electrons. The van der Waals surface area contributed by atoms with Crippen molar-refractivity contribution < 1.29 is 19.2 Å². The summed E-state index contributed by atoms with van der Waals surface area (Å²) in [7, 11) is 0. The van der Waals surface area contributed by atoms with E-state index in [2.05, 4.69) is 10.2 Å². The molecule has 0 unspecified atom stereocenters. The SMILES string of the molecule is CCN(C(=O)Cc1ccc(NC(C)=O)cc1)C1CCN(CCCN(C(=O)C2CCN(C(C)=O)CC2)c2ccc(C)c(Cl)c2)CC1. The van der Waals surface area contributed by atoms with Gasteiger partial charge < -0.3 is 24.9 Å². The Morgan fingerprint density at radius 3 is 2.18 bits per heavy atom. The van der Waals surface area contributed by atoms with E-state index in [0.717, 1.165) is 61.4 Å². The summed E-state index contributed by atoms with van der Waals surface area (Å²) in [6.45, 7) is 12.3. The zero-order valence-corrected chi connectivity index (χ0v) is 27.9. The van der Waals surface area contributed by atoms with Gasteiger partial charge in [0.05, 0.1) is 6.42 Å². The molecule has 0 aliphatic carbocycles. The van der Waals surface area contributed by atoms with Crippen molar-refractivity contribution >= 4 is 46.6 Å². The Morgan fingerprint density at radius 2 is 1.60 bits per heavy atom. The second-order valence-electron chi connectivity index (χ2n) is 12.4. The second-order valence-corrected chi connectivity index (χ2v) is 12.8. The molecular weight excluding hydrogens is 590 g/mol. The number of amides is 4. The first-order chi connectivity index (χ1) is 21.5. The minimum absolute atomic E-state index is 0.0628. The molecule has 2 aromatic rings. The van der Waals surface area contributed by atoms with Gasteiger partial charge in [-0.3, -0.25) is 19.2 Å². The first kappa shape index (κ1) is 34.4. The number of halogens is 1. The molecule has 2 fully saturated rings. The highest BCUT2D eigenvalue weighted by Gasteiger charge is 2.31. The van der Waals surface area contributed by atoms with E-state index in [1.807, 2.05) is 71.0 Å². The number of likely N-dealkylation sites (tertiary alicyclic amines) is 2. The van der Waals surface area contributed by atoms with Gasteiger partial charge in [0.2, 0.25) is 23.6 Å². The van der Waals surface area contributed by atoms with Gasteiger partial charge in [0, 0.05) is 81.5 Å². The lowest BCUT2D eigenvalue weighted by Crippen LogP contribution is -2.48. The summed E-state index contributed by atoms with van der Waals surface area (Å²) in [6.07, 6.45) is 4.38. The van der Waals surface area contributed by atoms with Crippen molar-refractivity contribution in [2.75, 3.05) is 56.0 Å². The number of benzene rings is 2. The zero-order valence-electron chi connectivity index (χ0n) is 27.2. The Bertz CT molecular complexity index is 1330. The molecule has 0 bridgehead atoms. The number of nitrogens with one attached hydrogen (secondary N) is 1. The number of hydrogen-bond acceptors (Lipinski definition) is 5. The number of likely N-dealkylation sites (N-methyl/N-ethyl adjacent to an activating group) is 1. The van der Waals surface area contributed by atoms with E-state index in [-0.39, 0.29) is 35.6 Å². The van der Waals surface area contributed by atoms with Crippen LogP contribution in [0.5, 0.6) is 0 Å². The van der Waals surface area contributed by atoms with Crippen LogP contribution >= 0.6 is 11.6 Å². The average Bonchev–Trinajstić information content (AvgIpc) is 3.02. The van der Waals surface area contributed by atoms with Gasteiger partial charge in [0.15, 0.2) is 0 Å². The Kier molecular flexibility index (Phi) is 12.4. The highest BCUT2D eigenvalue weighted by Crippen LogP contribution is 2.28. The quantitative estimate of drug-likeness (QED) is 0.368. The molecular formula is C35H48ClN5O4. The van der Waals surface area contributed by atoms with E-state index in [9.17, 15) is 19.2 Å². The van der Waals surface area contributed by atoms with E-state index in [4.69, 9.17) is 11.6 Å². The predicted molar refractivity (Wildman–Crippen MR) is 179 cm³/mol. The van der Waals surface area contributed by atoms with Crippen molar-refractivity contribution in [3.05, 3.63) is 58.6 Å². The molecule has 4 amide bonds. The number of aryl methyl sites for hydroxylation is 1. The van der Waals surface area contributed by atoms with Crippen LogP contribution in [-0.2, 0) is 25.6 Å². The lowest BCUT2D eigenvalue weighted by atomic mass is 9.94. The summed E-state index contributed by atoms with van der Waals surface area (Å²) in [4.78, 5) is 58.2. The summed E-state index contributed by atoms with van der Waals surface area (Å²) in [5, 5.41) is 3.41. The highest BCUT2D eigenvalue weighted by atomic mass is 35.5. The molecule has 0 atom stereocenters. The molecule has 9 nitrogen and oxygen atoms in total. The Balaban J connectivity index is 1.29. The van der Waals surface area contributed by atoms with Crippen molar-refractivity contribution in [1.29, 1.82) is 0 Å². The van der Waals surface area contributed by atoms with Crippen molar-refractivity contribution in [1.82, 2.24) is 14.7 Å². The number of piperidine rings is 2. The molecule has 45 heavy (non-hydrogen) atoms. The van der Waals surface area contributed by atoms with E-state index in [1.165, 1.54) is 6.92 Å². The maximum absolute atomic E-state index is 13.8. The van der Waals surface area contributed by atoms with Gasteiger partial charge in [-0.25, -0.2) is 0 Å². The van der Waals surface area contributed by atoms with Gasteiger partial charge in [0.25, 0.3) is 0 Å². The zero-order chi connectivity index (χ0) is 32.5. The van der Waals surface area contributed by atoms with Gasteiger partial charge in [-0.2, -0.15) is 0 Å². The number of hydrogen-bond donors (Lipinski definition) is 1. The first-order valence-electron chi connectivity index (χ1n) is 16.3. The standard InChI is InChI=1S/C35H48ClN5O4/c1-5-40(34(44)23-28-8-10-30(11-9-28)37-26(3)42)31-15-19-38(20-16-31)17-6-18-41(32-12-7-25(2)33(36)24-32)35(45)29-13-21-39(22-14-29)27(4)43/h7-12,24,29,31H,5-6,13-23H2,1-4H3,(H,37,42). The van der Waals surface area contributed by atoms with Crippen LogP contribution < -0.4 is 10.2 Å². The van der Waals surface area contributed by atoms with Gasteiger partial charge in [-0.15, -0.1) is 0 Å². The maximum atomic E-state index is 13.8. The Hall–Kier alpha value is -3.43. The van der Waals surface area contributed by atoms with Crippen molar-refractivity contribution in [3.8, 4) is 0 Å². The summed E-state index contributed by atoms with van der Waals surface area (Å²) < 4.78 is 0. The van der Waals surface area contributed by atoms with Crippen LogP contribution in [0.25, 0.3) is 0 Å². The van der Waals surface area contributed by atoms with Crippen LogP contribution in [0.15, 0.2) is 42.5 Å². The molecule has 2 saturated heterocycles. The third-order valence-corrected chi connectivity index (χ3v) is 9.57. The fourth-order valence-electron chi connectivity index (χ4n) is 6.51. The average molecular weight is 638 g/mol. The number of rotatable bonds is 11. The molecule has 0 radical (unpaired) electrons. The third kappa shape index (κ3) is 9.53. The molecule has 0 saturated carbocycles. The number of carbonyl (C=O) groups is 4. The maximum Gasteiger partial charge on any atom is 0.230 e.